The average Bonchev–Trinajstić information content (AvgIpc) is 3.04. The molecule has 4 rings (SSSR count). The topological polar surface area (TPSA) is 54.5 Å². The number of benzene rings is 1. The van der Waals surface area contributed by atoms with Crippen LogP contribution in [-0.4, -0.2) is 42.1 Å². The second kappa shape index (κ2) is 8.86. The Morgan fingerprint density at radius 2 is 1.90 bits per heavy atom. The third kappa shape index (κ3) is 4.24. The molecular weight excluding hydrogens is 382 g/mol. The number of morpholine rings is 1. The van der Waals surface area contributed by atoms with Gasteiger partial charge in [0.15, 0.2) is 0 Å². The fourth-order valence-electron chi connectivity index (χ4n) is 3.76. The van der Waals surface area contributed by atoms with E-state index in [0.29, 0.717) is 18.8 Å². The van der Waals surface area contributed by atoms with Gasteiger partial charge < -0.3 is 10.1 Å². The molecule has 0 unspecified atom stereocenters. The van der Waals surface area contributed by atoms with Crippen LogP contribution in [0, 0.1) is 13.8 Å². The highest BCUT2D eigenvalue weighted by Crippen LogP contribution is 2.42. The summed E-state index contributed by atoms with van der Waals surface area (Å²) in [6, 6.07) is 13.5. The summed E-state index contributed by atoms with van der Waals surface area (Å²) in [4.78, 5) is 20.9. The molecule has 3 aromatic rings. The molecule has 0 saturated carbocycles. The molecule has 1 atom stereocenters. The van der Waals surface area contributed by atoms with Gasteiger partial charge in [0.05, 0.1) is 19.3 Å². The van der Waals surface area contributed by atoms with Gasteiger partial charge in [-0.2, -0.15) is 0 Å². The number of hydrogen-bond acceptors (Lipinski definition) is 5. The number of nitrogens with one attached hydrogen (secondary N) is 1. The Hall–Kier alpha value is -2.54. The van der Waals surface area contributed by atoms with Crippen molar-refractivity contribution in [2.24, 2.45) is 0 Å². The Kier molecular flexibility index (Phi) is 6.04. The van der Waals surface area contributed by atoms with Gasteiger partial charge in [0, 0.05) is 41.5 Å². The first kappa shape index (κ1) is 19.8. The molecule has 5 nitrogen and oxygen atoms in total. The van der Waals surface area contributed by atoms with Gasteiger partial charge in [0.2, 0.25) is 0 Å². The minimum absolute atomic E-state index is 0.0311. The molecule has 0 bridgehead atoms. The van der Waals surface area contributed by atoms with Gasteiger partial charge in [-0.05, 0) is 43.2 Å². The number of carbonyl (C=O) groups excluding carboxylic acids is 1. The van der Waals surface area contributed by atoms with Crippen molar-refractivity contribution in [2.45, 2.75) is 19.9 Å². The summed E-state index contributed by atoms with van der Waals surface area (Å²) in [7, 11) is 0. The third-order valence-electron chi connectivity index (χ3n) is 5.38. The van der Waals surface area contributed by atoms with Gasteiger partial charge in [-0.15, -0.1) is 11.3 Å². The molecule has 29 heavy (non-hydrogen) atoms. The number of aryl methyl sites for hydroxylation is 1. The van der Waals surface area contributed by atoms with Crippen LogP contribution in [0.1, 0.15) is 38.0 Å². The zero-order valence-electron chi connectivity index (χ0n) is 16.7. The van der Waals surface area contributed by atoms with Crippen LogP contribution in [0.4, 0.5) is 5.00 Å². The van der Waals surface area contributed by atoms with Crippen LogP contribution >= 0.6 is 11.3 Å². The quantitative estimate of drug-likeness (QED) is 0.680. The van der Waals surface area contributed by atoms with E-state index < -0.39 is 0 Å². The lowest BCUT2D eigenvalue weighted by molar-refractivity contribution is 0.0239. The summed E-state index contributed by atoms with van der Waals surface area (Å²) in [5, 5.41) is 4.09. The average molecular weight is 408 g/mol. The van der Waals surface area contributed by atoms with Gasteiger partial charge in [0.1, 0.15) is 5.00 Å². The van der Waals surface area contributed by atoms with Gasteiger partial charge in [0.25, 0.3) is 5.91 Å². The highest BCUT2D eigenvalue weighted by molar-refractivity contribution is 7.16. The number of ether oxygens (including phenoxy) is 1. The van der Waals surface area contributed by atoms with Crippen molar-refractivity contribution in [2.75, 3.05) is 31.6 Å². The lowest BCUT2D eigenvalue weighted by Crippen LogP contribution is -2.40. The third-order valence-corrected chi connectivity index (χ3v) is 6.52. The Morgan fingerprint density at radius 3 is 2.59 bits per heavy atom. The zero-order chi connectivity index (χ0) is 20.2. The van der Waals surface area contributed by atoms with E-state index in [0.717, 1.165) is 29.2 Å². The van der Waals surface area contributed by atoms with Crippen LogP contribution in [0.3, 0.4) is 0 Å². The van der Waals surface area contributed by atoms with E-state index in [-0.39, 0.29) is 11.9 Å². The standard InChI is InChI=1S/C23H25N3O2S/c1-16-17(2)29-23(25-22(27)18-7-4-3-5-8-18)20(16)21(19-9-6-10-24-15-19)26-11-13-28-14-12-26/h3-10,15,21H,11-14H2,1-2H3,(H,25,27)/t21-/m1/s1. The first-order chi connectivity index (χ1) is 14.1. The minimum atomic E-state index is -0.0833. The Bertz CT molecular complexity index is 967. The number of carbonyl (C=O) groups is 1. The Labute approximate surface area is 175 Å². The number of anilines is 1. The maximum atomic E-state index is 12.9. The predicted octanol–water partition coefficient (Wildman–Crippen LogP) is 4.43. The number of hydrogen-bond donors (Lipinski definition) is 1. The number of nitrogens with zero attached hydrogens (tertiary/aromatic N) is 2. The molecule has 0 spiro atoms. The lowest BCUT2D eigenvalue weighted by atomic mass is 9.95. The number of rotatable bonds is 5. The first-order valence-electron chi connectivity index (χ1n) is 9.83. The molecular formula is C23H25N3O2S. The van der Waals surface area contributed by atoms with Gasteiger partial charge in [-0.3, -0.25) is 14.7 Å². The number of thiophene rings is 1. The van der Waals surface area contributed by atoms with Crippen molar-refractivity contribution in [1.82, 2.24) is 9.88 Å². The molecule has 1 aromatic carbocycles. The van der Waals surface area contributed by atoms with E-state index in [1.165, 1.54) is 10.4 Å². The van der Waals surface area contributed by atoms with E-state index >= 15 is 0 Å². The van der Waals surface area contributed by atoms with Crippen molar-refractivity contribution in [1.29, 1.82) is 0 Å². The fourth-order valence-corrected chi connectivity index (χ4v) is 4.85. The van der Waals surface area contributed by atoms with Crippen LogP contribution in [0.25, 0.3) is 0 Å². The highest BCUT2D eigenvalue weighted by atomic mass is 32.1. The SMILES string of the molecule is Cc1sc(NC(=O)c2ccccc2)c([C@@H](c2cccnc2)N2CCOCC2)c1C. The summed E-state index contributed by atoms with van der Waals surface area (Å²) < 4.78 is 5.59. The molecule has 3 heterocycles. The Morgan fingerprint density at radius 1 is 1.14 bits per heavy atom. The zero-order valence-corrected chi connectivity index (χ0v) is 17.5. The summed E-state index contributed by atoms with van der Waals surface area (Å²) in [5.74, 6) is -0.0833. The number of aromatic nitrogens is 1. The summed E-state index contributed by atoms with van der Waals surface area (Å²) in [5.41, 5.74) is 4.17. The van der Waals surface area contributed by atoms with Crippen LogP contribution in [0.2, 0.25) is 0 Å². The molecule has 150 valence electrons. The van der Waals surface area contributed by atoms with E-state index in [2.05, 4.69) is 35.1 Å². The van der Waals surface area contributed by atoms with Crippen LogP contribution in [0.15, 0.2) is 54.9 Å². The lowest BCUT2D eigenvalue weighted by Gasteiger charge is -2.35. The fraction of sp³-hybridized carbons (Fsp3) is 0.304. The smallest absolute Gasteiger partial charge is 0.256 e. The molecule has 1 N–H and O–H groups in total. The van der Waals surface area contributed by atoms with Crippen molar-refractivity contribution < 1.29 is 9.53 Å². The number of pyridine rings is 1. The van der Waals surface area contributed by atoms with E-state index in [4.69, 9.17) is 4.74 Å². The van der Waals surface area contributed by atoms with E-state index in [1.807, 2.05) is 42.6 Å². The minimum Gasteiger partial charge on any atom is -0.379 e. The van der Waals surface area contributed by atoms with Gasteiger partial charge >= 0.3 is 0 Å². The normalized spacial score (nSPS) is 15.8. The van der Waals surface area contributed by atoms with Crippen molar-refractivity contribution >= 4 is 22.2 Å². The monoisotopic (exact) mass is 407 g/mol. The summed E-state index contributed by atoms with van der Waals surface area (Å²) in [6.45, 7) is 7.37. The van der Waals surface area contributed by atoms with Crippen LogP contribution in [0.5, 0.6) is 0 Å². The molecule has 0 radical (unpaired) electrons. The predicted molar refractivity (Wildman–Crippen MR) is 117 cm³/mol. The van der Waals surface area contributed by atoms with Gasteiger partial charge in [-0.25, -0.2) is 0 Å². The van der Waals surface area contributed by atoms with Gasteiger partial charge in [-0.1, -0.05) is 24.3 Å². The van der Waals surface area contributed by atoms with Crippen molar-refractivity contribution in [3.8, 4) is 0 Å². The molecule has 1 amide bonds. The summed E-state index contributed by atoms with van der Waals surface area (Å²) >= 11 is 1.64. The highest BCUT2D eigenvalue weighted by Gasteiger charge is 2.30. The van der Waals surface area contributed by atoms with Crippen LogP contribution in [-0.2, 0) is 4.74 Å². The van der Waals surface area contributed by atoms with E-state index in [9.17, 15) is 4.79 Å². The van der Waals surface area contributed by atoms with Crippen LogP contribution < -0.4 is 5.32 Å². The van der Waals surface area contributed by atoms with E-state index in [1.54, 1.807) is 17.5 Å². The molecule has 1 fully saturated rings. The molecule has 0 aliphatic carbocycles. The maximum absolute atomic E-state index is 12.9. The largest absolute Gasteiger partial charge is 0.379 e. The molecule has 2 aromatic heterocycles. The first-order valence-corrected chi connectivity index (χ1v) is 10.6. The van der Waals surface area contributed by atoms with Crippen molar-refractivity contribution in [3.05, 3.63) is 82.0 Å². The molecule has 6 heteroatoms. The number of amides is 1. The Balaban J connectivity index is 1.75. The second-order valence-corrected chi connectivity index (χ2v) is 8.41. The molecule has 1 aliphatic heterocycles. The molecule has 1 saturated heterocycles. The second-order valence-electron chi connectivity index (χ2n) is 7.18. The summed E-state index contributed by atoms with van der Waals surface area (Å²) in [6.07, 6.45) is 3.72. The van der Waals surface area contributed by atoms with Crippen molar-refractivity contribution in [3.63, 3.8) is 0 Å². The maximum Gasteiger partial charge on any atom is 0.256 e. The molecule has 1 aliphatic rings.